The van der Waals surface area contributed by atoms with E-state index in [2.05, 4.69) is 14.9 Å². The van der Waals surface area contributed by atoms with Gasteiger partial charge in [-0.25, -0.2) is 18.4 Å². The van der Waals surface area contributed by atoms with Crippen molar-refractivity contribution in [2.24, 2.45) is 0 Å². The summed E-state index contributed by atoms with van der Waals surface area (Å²) in [4.78, 5) is 23.9. The van der Waals surface area contributed by atoms with E-state index in [4.69, 9.17) is 0 Å². The van der Waals surface area contributed by atoms with E-state index < -0.39 is 14.9 Å². The molecule has 0 saturated carbocycles. The Hall–Kier alpha value is -2.79. The fourth-order valence-electron chi connectivity index (χ4n) is 4.14. The number of hydrogen-bond donors (Lipinski definition) is 0. The first-order valence-corrected chi connectivity index (χ1v) is 12.0. The van der Waals surface area contributed by atoms with Crippen molar-refractivity contribution < 1.29 is 13.3 Å². The van der Waals surface area contributed by atoms with Gasteiger partial charge in [0.05, 0.1) is 9.82 Å². The summed E-state index contributed by atoms with van der Waals surface area (Å²) in [6.07, 6.45) is 6.80. The quantitative estimate of drug-likeness (QED) is 0.508. The third-order valence-corrected chi connectivity index (χ3v) is 7.66. The number of sulfonamides is 1. The molecule has 0 unspecified atom stereocenters. The molecular weight excluding hydrogens is 420 g/mol. The molecule has 0 bridgehead atoms. The second-order valence-electron chi connectivity index (χ2n) is 7.75. The van der Waals surface area contributed by atoms with Crippen LogP contribution in [0.25, 0.3) is 0 Å². The third kappa shape index (κ3) is 4.62. The molecule has 0 N–H and O–H groups in total. The first-order valence-electron chi connectivity index (χ1n) is 10.5. The summed E-state index contributed by atoms with van der Waals surface area (Å²) in [6, 6.07) is 6.04. The van der Waals surface area contributed by atoms with Gasteiger partial charge >= 0.3 is 0 Å². The predicted octanol–water partition coefficient (Wildman–Crippen LogP) is 2.28. The van der Waals surface area contributed by atoms with E-state index >= 15 is 0 Å². The Kier molecular flexibility index (Phi) is 6.33. The van der Waals surface area contributed by atoms with Gasteiger partial charge in [-0.2, -0.15) is 4.31 Å². The average Bonchev–Trinajstić information content (AvgIpc) is 3.06. The number of piperidine rings is 1. The van der Waals surface area contributed by atoms with Crippen LogP contribution in [0, 0.1) is 10.1 Å². The molecule has 2 fully saturated rings. The summed E-state index contributed by atoms with van der Waals surface area (Å²) in [5.74, 6) is 0.641. The average molecular weight is 447 g/mol. The monoisotopic (exact) mass is 446 g/mol. The highest BCUT2D eigenvalue weighted by Crippen LogP contribution is 2.33. The van der Waals surface area contributed by atoms with Crippen molar-refractivity contribution in [3.8, 4) is 0 Å². The maximum atomic E-state index is 13.0. The highest BCUT2D eigenvalue weighted by Gasteiger charge is 2.30. The van der Waals surface area contributed by atoms with E-state index in [1.807, 2.05) is 4.90 Å². The molecule has 166 valence electrons. The number of benzene rings is 1. The molecule has 2 saturated heterocycles. The number of rotatable bonds is 5. The Balaban J connectivity index is 1.58. The van der Waals surface area contributed by atoms with Crippen LogP contribution in [-0.2, 0) is 10.0 Å². The zero-order chi connectivity index (χ0) is 21.8. The van der Waals surface area contributed by atoms with Gasteiger partial charge in [0.25, 0.3) is 5.69 Å². The summed E-state index contributed by atoms with van der Waals surface area (Å²) < 4.78 is 27.4. The van der Waals surface area contributed by atoms with E-state index in [0.29, 0.717) is 44.4 Å². The van der Waals surface area contributed by atoms with Crippen LogP contribution in [0.4, 0.5) is 17.3 Å². The zero-order valence-electron chi connectivity index (χ0n) is 17.3. The zero-order valence-corrected chi connectivity index (χ0v) is 18.1. The lowest BCUT2D eigenvalue weighted by Crippen LogP contribution is -2.35. The van der Waals surface area contributed by atoms with Crippen LogP contribution in [0.3, 0.4) is 0 Å². The standard InChI is InChI=1S/C20H26N6O4S/c27-26(28)19-16-17(31(29,30)25-12-2-1-3-13-25)6-7-18(19)23-10-5-11-24(15-14-23)20-21-8-4-9-22-20/h4,6-9,16H,1-3,5,10-15H2. The van der Waals surface area contributed by atoms with Crippen LogP contribution in [0.2, 0.25) is 0 Å². The fraction of sp³-hybridized carbons (Fsp3) is 0.500. The van der Waals surface area contributed by atoms with Gasteiger partial charge in [-0.05, 0) is 37.5 Å². The van der Waals surface area contributed by atoms with Crippen molar-refractivity contribution in [3.63, 3.8) is 0 Å². The van der Waals surface area contributed by atoms with Crippen molar-refractivity contribution in [1.82, 2.24) is 14.3 Å². The Labute approximate surface area is 181 Å². The van der Waals surface area contributed by atoms with Crippen LogP contribution >= 0.6 is 0 Å². The lowest BCUT2D eigenvalue weighted by atomic mass is 10.2. The Bertz CT molecular complexity index is 1030. The van der Waals surface area contributed by atoms with E-state index in [1.165, 1.54) is 16.4 Å². The fourth-order valence-corrected chi connectivity index (χ4v) is 5.68. The molecule has 1 aromatic carbocycles. The first kappa shape index (κ1) is 21.4. The highest BCUT2D eigenvalue weighted by molar-refractivity contribution is 7.89. The molecule has 1 aromatic heterocycles. The van der Waals surface area contributed by atoms with Crippen molar-refractivity contribution in [3.05, 3.63) is 46.8 Å². The summed E-state index contributed by atoms with van der Waals surface area (Å²) in [5, 5.41) is 11.8. The molecular formula is C20H26N6O4S. The molecule has 11 heteroatoms. The molecule has 4 rings (SSSR count). The number of nitrogens with zero attached hydrogens (tertiary/aromatic N) is 6. The molecule has 0 aliphatic carbocycles. The first-order chi connectivity index (χ1) is 15.0. The van der Waals surface area contributed by atoms with Crippen molar-refractivity contribution in [2.45, 2.75) is 30.6 Å². The minimum absolute atomic E-state index is 0.0148. The molecule has 31 heavy (non-hydrogen) atoms. The topological polar surface area (TPSA) is 113 Å². The van der Waals surface area contributed by atoms with E-state index in [0.717, 1.165) is 32.2 Å². The van der Waals surface area contributed by atoms with Gasteiger partial charge in [0.1, 0.15) is 5.69 Å². The van der Waals surface area contributed by atoms with Gasteiger partial charge in [0, 0.05) is 57.7 Å². The Morgan fingerprint density at radius 3 is 2.26 bits per heavy atom. The van der Waals surface area contributed by atoms with Gasteiger partial charge in [-0.3, -0.25) is 10.1 Å². The molecule has 2 aliphatic rings. The maximum absolute atomic E-state index is 13.0. The summed E-state index contributed by atoms with van der Waals surface area (Å²) in [7, 11) is -3.73. The SMILES string of the molecule is O=[N+]([O-])c1cc(S(=O)(=O)N2CCCCC2)ccc1N1CCCN(c2ncccn2)CC1. The summed E-state index contributed by atoms with van der Waals surface area (Å²) >= 11 is 0. The molecule has 0 radical (unpaired) electrons. The van der Waals surface area contributed by atoms with E-state index in [1.54, 1.807) is 24.5 Å². The second-order valence-corrected chi connectivity index (χ2v) is 9.69. The van der Waals surface area contributed by atoms with Crippen molar-refractivity contribution >= 4 is 27.3 Å². The van der Waals surface area contributed by atoms with Crippen LogP contribution in [-0.4, -0.2) is 66.9 Å². The molecule has 2 aromatic rings. The number of aromatic nitrogens is 2. The summed E-state index contributed by atoms with van der Waals surface area (Å²) in [6.45, 7) is 3.47. The van der Waals surface area contributed by atoms with Gasteiger partial charge in [0.2, 0.25) is 16.0 Å². The van der Waals surface area contributed by atoms with Crippen molar-refractivity contribution in [2.75, 3.05) is 49.1 Å². The van der Waals surface area contributed by atoms with E-state index in [-0.39, 0.29) is 10.6 Å². The van der Waals surface area contributed by atoms with Crippen LogP contribution in [0.15, 0.2) is 41.6 Å². The number of anilines is 2. The number of nitro groups is 1. The molecule has 3 heterocycles. The predicted molar refractivity (Wildman–Crippen MR) is 117 cm³/mol. The van der Waals surface area contributed by atoms with Gasteiger partial charge < -0.3 is 9.80 Å². The summed E-state index contributed by atoms with van der Waals surface area (Å²) in [5.41, 5.74) is 0.265. The molecule has 2 aliphatic heterocycles. The minimum atomic E-state index is -3.73. The van der Waals surface area contributed by atoms with Crippen LogP contribution < -0.4 is 9.80 Å². The van der Waals surface area contributed by atoms with Crippen LogP contribution in [0.5, 0.6) is 0 Å². The maximum Gasteiger partial charge on any atom is 0.293 e. The molecule has 0 atom stereocenters. The normalized spacial score (nSPS) is 18.6. The smallest absolute Gasteiger partial charge is 0.293 e. The largest absolute Gasteiger partial charge is 0.364 e. The van der Waals surface area contributed by atoms with Crippen LogP contribution in [0.1, 0.15) is 25.7 Å². The number of nitro benzene ring substituents is 1. The third-order valence-electron chi connectivity index (χ3n) is 5.77. The molecule has 0 amide bonds. The van der Waals surface area contributed by atoms with E-state index in [9.17, 15) is 18.5 Å². The van der Waals surface area contributed by atoms with Crippen molar-refractivity contribution in [1.29, 1.82) is 0 Å². The number of hydrogen-bond acceptors (Lipinski definition) is 8. The van der Waals surface area contributed by atoms with Gasteiger partial charge in [-0.15, -0.1) is 0 Å². The lowest BCUT2D eigenvalue weighted by Gasteiger charge is -2.26. The molecule has 0 spiro atoms. The molecule has 10 nitrogen and oxygen atoms in total. The Morgan fingerprint density at radius 2 is 1.55 bits per heavy atom. The minimum Gasteiger partial charge on any atom is -0.364 e. The second kappa shape index (κ2) is 9.15. The lowest BCUT2D eigenvalue weighted by molar-refractivity contribution is -0.384. The Morgan fingerprint density at radius 1 is 0.871 bits per heavy atom. The van der Waals surface area contributed by atoms with Gasteiger partial charge in [0.15, 0.2) is 0 Å². The van der Waals surface area contributed by atoms with Gasteiger partial charge in [-0.1, -0.05) is 6.42 Å². The highest BCUT2D eigenvalue weighted by atomic mass is 32.2.